The molecule has 7 heteroatoms. The molecule has 0 unspecified atom stereocenters. The van der Waals surface area contributed by atoms with E-state index in [1.165, 1.54) is 17.0 Å². The van der Waals surface area contributed by atoms with Crippen molar-refractivity contribution in [1.82, 2.24) is 20.5 Å². The number of guanidine groups is 1. The SMILES string of the molecule is CN=C(NCc1nc(C)c(C)s1)NC1CCN(Cc2ccc(F)cc2)CC1. The van der Waals surface area contributed by atoms with Crippen LogP contribution in [0, 0.1) is 19.7 Å². The molecule has 27 heavy (non-hydrogen) atoms. The average Bonchev–Trinajstić information content (AvgIpc) is 2.99. The number of likely N-dealkylation sites (tertiary alicyclic amines) is 1. The molecule has 0 atom stereocenters. The molecule has 0 bridgehead atoms. The summed E-state index contributed by atoms with van der Waals surface area (Å²) >= 11 is 1.73. The quantitative estimate of drug-likeness (QED) is 0.609. The predicted octanol–water partition coefficient (Wildman–Crippen LogP) is 3.23. The molecule has 0 radical (unpaired) electrons. The van der Waals surface area contributed by atoms with Crippen LogP contribution in [0.2, 0.25) is 0 Å². The first-order chi connectivity index (χ1) is 13.0. The number of thiazole rings is 1. The summed E-state index contributed by atoms with van der Waals surface area (Å²) in [6.07, 6.45) is 2.13. The van der Waals surface area contributed by atoms with Crippen molar-refractivity contribution in [3.8, 4) is 0 Å². The number of hydrogen-bond donors (Lipinski definition) is 2. The number of nitrogens with one attached hydrogen (secondary N) is 2. The van der Waals surface area contributed by atoms with E-state index in [1.54, 1.807) is 18.4 Å². The highest BCUT2D eigenvalue weighted by Crippen LogP contribution is 2.16. The van der Waals surface area contributed by atoms with Gasteiger partial charge in [0.25, 0.3) is 0 Å². The molecule has 0 aliphatic carbocycles. The molecule has 5 nitrogen and oxygen atoms in total. The number of piperidine rings is 1. The predicted molar refractivity (Wildman–Crippen MR) is 110 cm³/mol. The van der Waals surface area contributed by atoms with Gasteiger partial charge in [-0.1, -0.05) is 12.1 Å². The first kappa shape index (κ1) is 19.8. The second-order valence-electron chi connectivity index (χ2n) is 7.00. The molecular formula is C20H28FN5S. The molecule has 1 aromatic heterocycles. The number of aliphatic imine (C=N–C) groups is 1. The fraction of sp³-hybridized carbons (Fsp3) is 0.500. The minimum absolute atomic E-state index is 0.177. The summed E-state index contributed by atoms with van der Waals surface area (Å²) < 4.78 is 13.0. The summed E-state index contributed by atoms with van der Waals surface area (Å²) in [5.41, 5.74) is 2.27. The van der Waals surface area contributed by atoms with Gasteiger partial charge in [-0.15, -0.1) is 11.3 Å². The molecule has 1 fully saturated rings. The summed E-state index contributed by atoms with van der Waals surface area (Å²) in [5, 5.41) is 7.98. The van der Waals surface area contributed by atoms with Gasteiger partial charge in [-0.05, 0) is 44.4 Å². The highest BCUT2D eigenvalue weighted by Gasteiger charge is 2.20. The number of rotatable bonds is 5. The van der Waals surface area contributed by atoms with Crippen molar-refractivity contribution in [3.63, 3.8) is 0 Å². The van der Waals surface area contributed by atoms with Crippen LogP contribution in [0.15, 0.2) is 29.3 Å². The lowest BCUT2D eigenvalue weighted by Crippen LogP contribution is -2.48. The number of hydrogen-bond acceptors (Lipinski definition) is 4. The minimum Gasteiger partial charge on any atom is -0.354 e. The number of nitrogens with zero attached hydrogens (tertiary/aromatic N) is 3. The monoisotopic (exact) mass is 389 g/mol. The van der Waals surface area contributed by atoms with E-state index in [9.17, 15) is 4.39 Å². The van der Waals surface area contributed by atoms with Crippen molar-refractivity contribution in [2.75, 3.05) is 20.1 Å². The van der Waals surface area contributed by atoms with Gasteiger partial charge in [-0.2, -0.15) is 0 Å². The van der Waals surface area contributed by atoms with Gasteiger partial charge in [0.05, 0.1) is 12.2 Å². The standard InChI is InChI=1S/C20H28FN5S/c1-14-15(2)27-19(24-14)12-23-20(22-3)25-18-8-10-26(11-9-18)13-16-4-6-17(21)7-5-16/h4-7,18H,8-13H2,1-3H3,(H2,22,23,25). The zero-order valence-electron chi connectivity index (χ0n) is 16.3. The van der Waals surface area contributed by atoms with E-state index in [1.807, 2.05) is 19.1 Å². The van der Waals surface area contributed by atoms with Crippen LogP contribution >= 0.6 is 11.3 Å². The maximum Gasteiger partial charge on any atom is 0.191 e. The molecule has 3 rings (SSSR count). The van der Waals surface area contributed by atoms with Gasteiger partial charge in [0.15, 0.2) is 5.96 Å². The van der Waals surface area contributed by atoms with Gasteiger partial charge in [-0.3, -0.25) is 9.89 Å². The molecule has 1 aromatic carbocycles. The molecule has 2 heterocycles. The Hall–Kier alpha value is -1.99. The molecule has 0 spiro atoms. The summed E-state index contributed by atoms with van der Waals surface area (Å²) in [5.74, 6) is 0.654. The van der Waals surface area contributed by atoms with Crippen molar-refractivity contribution in [3.05, 3.63) is 51.2 Å². The highest BCUT2D eigenvalue weighted by molar-refractivity contribution is 7.11. The number of benzene rings is 1. The van der Waals surface area contributed by atoms with Crippen LogP contribution < -0.4 is 10.6 Å². The van der Waals surface area contributed by atoms with Crippen LogP contribution in [0.4, 0.5) is 4.39 Å². The van der Waals surface area contributed by atoms with Gasteiger partial charge in [0, 0.05) is 37.6 Å². The third-order valence-corrected chi connectivity index (χ3v) is 6.02. The second-order valence-corrected chi connectivity index (χ2v) is 8.28. The number of aryl methyl sites for hydroxylation is 2. The fourth-order valence-electron chi connectivity index (χ4n) is 3.25. The topological polar surface area (TPSA) is 52.6 Å². The third-order valence-electron chi connectivity index (χ3n) is 4.95. The van der Waals surface area contributed by atoms with Crippen LogP contribution in [0.3, 0.4) is 0 Å². The number of halogens is 1. The largest absolute Gasteiger partial charge is 0.354 e. The number of aromatic nitrogens is 1. The van der Waals surface area contributed by atoms with E-state index in [-0.39, 0.29) is 5.82 Å². The Balaban J connectivity index is 1.42. The Kier molecular flexibility index (Phi) is 6.79. The van der Waals surface area contributed by atoms with E-state index in [2.05, 4.69) is 32.4 Å². The van der Waals surface area contributed by atoms with Crippen LogP contribution in [-0.4, -0.2) is 42.0 Å². The van der Waals surface area contributed by atoms with E-state index >= 15 is 0 Å². The van der Waals surface area contributed by atoms with E-state index in [0.29, 0.717) is 12.6 Å². The minimum atomic E-state index is -0.177. The Morgan fingerprint density at radius 2 is 1.96 bits per heavy atom. The molecule has 2 aromatic rings. The lowest BCUT2D eigenvalue weighted by Gasteiger charge is -2.33. The summed E-state index contributed by atoms with van der Waals surface area (Å²) in [6, 6.07) is 7.22. The molecular weight excluding hydrogens is 361 g/mol. The lowest BCUT2D eigenvalue weighted by atomic mass is 10.0. The molecule has 0 saturated carbocycles. The van der Waals surface area contributed by atoms with Gasteiger partial charge >= 0.3 is 0 Å². The fourth-order valence-corrected chi connectivity index (χ4v) is 4.12. The zero-order valence-corrected chi connectivity index (χ0v) is 17.1. The van der Waals surface area contributed by atoms with Crippen LogP contribution in [-0.2, 0) is 13.1 Å². The summed E-state index contributed by atoms with van der Waals surface area (Å²) in [7, 11) is 1.80. The molecule has 1 aliphatic rings. The van der Waals surface area contributed by atoms with E-state index in [0.717, 1.165) is 54.7 Å². The summed E-state index contributed by atoms with van der Waals surface area (Å²) in [4.78, 5) is 12.6. The highest BCUT2D eigenvalue weighted by atomic mass is 32.1. The van der Waals surface area contributed by atoms with Crippen molar-refractivity contribution >= 4 is 17.3 Å². The first-order valence-electron chi connectivity index (χ1n) is 9.40. The summed E-state index contributed by atoms with van der Waals surface area (Å²) in [6.45, 7) is 7.77. The van der Waals surface area contributed by atoms with Crippen molar-refractivity contribution in [2.45, 2.75) is 45.8 Å². The van der Waals surface area contributed by atoms with E-state index in [4.69, 9.17) is 0 Å². The Morgan fingerprint density at radius 1 is 1.26 bits per heavy atom. The van der Waals surface area contributed by atoms with Gasteiger partial charge in [0.1, 0.15) is 10.8 Å². The third kappa shape index (κ3) is 5.74. The van der Waals surface area contributed by atoms with Crippen molar-refractivity contribution < 1.29 is 4.39 Å². The molecule has 1 saturated heterocycles. The van der Waals surface area contributed by atoms with Crippen molar-refractivity contribution in [1.29, 1.82) is 0 Å². The van der Waals surface area contributed by atoms with Crippen LogP contribution in [0.5, 0.6) is 0 Å². The molecule has 2 N–H and O–H groups in total. The molecule has 146 valence electrons. The normalized spacial score (nSPS) is 16.5. The van der Waals surface area contributed by atoms with Crippen LogP contribution in [0.1, 0.15) is 34.0 Å². The first-order valence-corrected chi connectivity index (χ1v) is 10.2. The maximum absolute atomic E-state index is 13.0. The Labute approximate surface area is 164 Å². The smallest absolute Gasteiger partial charge is 0.191 e. The molecule has 1 aliphatic heterocycles. The Bertz CT molecular complexity index is 744. The molecule has 0 amide bonds. The lowest BCUT2D eigenvalue weighted by molar-refractivity contribution is 0.198. The van der Waals surface area contributed by atoms with Gasteiger partial charge in [-0.25, -0.2) is 9.37 Å². The Morgan fingerprint density at radius 3 is 2.56 bits per heavy atom. The average molecular weight is 390 g/mol. The van der Waals surface area contributed by atoms with Gasteiger partial charge in [0.2, 0.25) is 0 Å². The van der Waals surface area contributed by atoms with Gasteiger partial charge < -0.3 is 10.6 Å². The van der Waals surface area contributed by atoms with E-state index < -0.39 is 0 Å². The van der Waals surface area contributed by atoms with Crippen molar-refractivity contribution in [2.24, 2.45) is 4.99 Å². The maximum atomic E-state index is 13.0. The van der Waals surface area contributed by atoms with Crippen LogP contribution in [0.25, 0.3) is 0 Å². The zero-order chi connectivity index (χ0) is 19.2. The second kappa shape index (κ2) is 9.28.